The molecular formula is C15H30N2O3. The monoisotopic (exact) mass is 286 g/mol. The molecule has 0 aromatic heterocycles. The molecule has 0 aromatic rings. The normalized spacial score (nSPS) is 28.1. The summed E-state index contributed by atoms with van der Waals surface area (Å²) in [7, 11) is 1.67. The predicted molar refractivity (Wildman–Crippen MR) is 78.9 cm³/mol. The maximum Gasteiger partial charge on any atom is 0.0900 e. The van der Waals surface area contributed by atoms with Crippen molar-refractivity contribution in [2.24, 2.45) is 0 Å². The number of rotatable bonds is 7. The smallest absolute Gasteiger partial charge is 0.0900 e. The van der Waals surface area contributed by atoms with E-state index in [1.807, 2.05) is 6.92 Å². The van der Waals surface area contributed by atoms with Crippen LogP contribution in [0.5, 0.6) is 0 Å². The van der Waals surface area contributed by atoms with E-state index in [0.29, 0.717) is 19.3 Å². The number of ether oxygens (including phenoxy) is 2. The first-order chi connectivity index (χ1) is 9.69. The molecule has 20 heavy (non-hydrogen) atoms. The molecule has 0 radical (unpaired) electrons. The van der Waals surface area contributed by atoms with E-state index < -0.39 is 6.10 Å². The number of hydrogen-bond donors (Lipinski definition) is 1. The SMILES string of the molecule is COCC(C)OCC(O)CN1CCCN2CCCC2C1. The van der Waals surface area contributed by atoms with Gasteiger partial charge in [0.1, 0.15) is 0 Å². The van der Waals surface area contributed by atoms with Crippen LogP contribution in [0.4, 0.5) is 0 Å². The van der Waals surface area contributed by atoms with Crippen LogP contribution < -0.4 is 0 Å². The minimum absolute atomic E-state index is 0.0455. The van der Waals surface area contributed by atoms with Crippen LogP contribution in [-0.4, -0.2) is 86.2 Å². The van der Waals surface area contributed by atoms with Gasteiger partial charge in [-0.1, -0.05) is 0 Å². The molecule has 0 amide bonds. The van der Waals surface area contributed by atoms with Crippen LogP contribution in [0.15, 0.2) is 0 Å². The van der Waals surface area contributed by atoms with Crippen LogP contribution in [0.3, 0.4) is 0 Å². The quantitative estimate of drug-likeness (QED) is 0.741. The standard InChI is InChI=1S/C15H30N2O3/c1-13(11-19-2)20-12-15(18)10-16-6-4-8-17-7-3-5-14(17)9-16/h13-15,18H,3-12H2,1-2H3. The summed E-state index contributed by atoms with van der Waals surface area (Å²) in [5.41, 5.74) is 0. The van der Waals surface area contributed by atoms with Crippen LogP contribution in [0.1, 0.15) is 26.2 Å². The van der Waals surface area contributed by atoms with Gasteiger partial charge in [-0.25, -0.2) is 0 Å². The maximum atomic E-state index is 10.1. The van der Waals surface area contributed by atoms with E-state index in [4.69, 9.17) is 9.47 Å². The van der Waals surface area contributed by atoms with Gasteiger partial charge < -0.3 is 14.6 Å². The first-order valence-corrected chi connectivity index (χ1v) is 7.94. The highest BCUT2D eigenvalue weighted by Gasteiger charge is 2.29. The molecule has 2 rings (SSSR count). The van der Waals surface area contributed by atoms with E-state index in [-0.39, 0.29) is 6.10 Å². The zero-order valence-electron chi connectivity index (χ0n) is 13.0. The van der Waals surface area contributed by atoms with Gasteiger partial charge in [-0.3, -0.25) is 9.80 Å². The van der Waals surface area contributed by atoms with Crippen molar-refractivity contribution in [2.45, 2.75) is 44.4 Å². The Morgan fingerprint density at radius 3 is 2.80 bits per heavy atom. The molecule has 2 aliphatic rings. The van der Waals surface area contributed by atoms with Gasteiger partial charge in [-0.15, -0.1) is 0 Å². The summed E-state index contributed by atoms with van der Waals surface area (Å²) in [5, 5.41) is 10.1. The molecule has 1 N–H and O–H groups in total. The Balaban J connectivity index is 1.69. The third-order valence-electron chi connectivity index (χ3n) is 4.33. The molecule has 3 atom stereocenters. The number of nitrogens with zero attached hydrogens (tertiary/aromatic N) is 2. The van der Waals surface area contributed by atoms with Crippen molar-refractivity contribution in [3.63, 3.8) is 0 Å². The van der Waals surface area contributed by atoms with E-state index in [1.165, 1.54) is 32.4 Å². The lowest BCUT2D eigenvalue weighted by Gasteiger charge is -2.27. The predicted octanol–water partition coefficient (Wildman–Crippen LogP) is 0.569. The van der Waals surface area contributed by atoms with Gasteiger partial charge in [0.15, 0.2) is 0 Å². The van der Waals surface area contributed by atoms with Gasteiger partial charge >= 0.3 is 0 Å². The molecule has 0 saturated carbocycles. The average molecular weight is 286 g/mol. The zero-order chi connectivity index (χ0) is 14.4. The number of hydrogen-bond acceptors (Lipinski definition) is 5. The van der Waals surface area contributed by atoms with Gasteiger partial charge in [0, 0.05) is 26.2 Å². The summed E-state index contributed by atoms with van der Waals surface area (Å²) in [6.45, 7) is 8.35. The van der Waals surface area contributed by atoms with E-state index in [0.717, 1.165) is 19.6 Å². The van der Waals surface area contributed by atoms with Crippen LogP contribution in [0, 0.1) is 0 Å². The fourth-order valence-corrected chi connectivity index (χ4v) is 3.36. The fraction of sp³-hybridized carbons (Fsp3) is 1.00. The number of fused-ring (bicyclic) bond motifs is 1. The summed E-state index contributed by atoms with van der Waals surface area (Å²) in [5.74, 6) is 0. The summed E-state index contributed by atoms with van der Waals surface area (Å²) in [6, 6.07) is 0.707. The number of methoxy groups -OCH3 is 1. The Kier molecular flexibility index (Phi) is 6.71. The van der Waals surface area contributed by atoms with Gasteiger partial charge in [0.2, 0.25) is 0 Å². The molecule has 2 aliphatic heterocycles. The summed E-state index contributed by atoms with van der Waals surface area (Å²) < 4.78 is 10.6. The summed E-state index contributed by atoms with van der Waals surface area (Å²) >= 11 is 0. The number of aliphatic hydroxyl groups is 1. The molecule has 0 bridgehead atoms. The molecular weight excluding hydrogens is 256 g/mol. The highest BCUT2D eigenvalue weighted by molar-refractivity contribution is 4.85. The lowest BCUT2D eigenvalue weighted by Crippen LogP contribution is -2.41. The summed E-state index contributed by atoms with van der Waals surface area (Å²) in [4.78, 5) is 5.02. The number of β-amino-alcohol motifs (C(OH)–C–C–N with tert-alkyl or cyclic N) is 1. The number of aliphatic hydroxyl groups excluding tert-OH is 1. The highest BCUT2D eigenvalue weighted by Crippen LogP contribution is 2.21. The average Bonchev–Trinajstić information content (AvgIpc) is 2.76. The van der Waals surface area contributed by atoms with Gasteiger partial charge in [-0.05, 0) is 45.8 Å². The van der Waals surface area contributed by atoms with Crippen LogP contribution in [-0.2, 0) is 9.47 Å². The first-order valence-electron chi connectivity index (χ1n) is 7.94. The molecule has 118 valence electrons. The topological polar surface area (TPSA) is 45.2 Å². The molecule has 0 aromatic carbocycles. The van der Waals surface area contributed by atoms with Crippen molar-refractivity contribution >= 4 is 0 Å². The second-order valence-corrected chi connectivity index (χ2v) is 6.20. The molecule has 0 aliphatic carbocycles. The van der Waals surface area contributed by atoms with Gasteiger partial charge in [0.25, 0.3) is 0 Å². The van der Waals surface area contributed by atoms with Crippen LogP contribution in [0.25, 0.3) is 0 Å². The van der Waals surface area contributed by atoms with Crippen molar-refractivity contribution in [3.8, 4) is 0 Å². The molecule has 2 fully saturated rings. The molecule has 5 heteroatoms. The molecule has 2 heterocycles. The third kappa shape index (κ3) is 4.97. The van der Waals surface area contributed by atoms with E-state index >= 15 is 0 Å². The van der Waals surface area contributed by atoms with Crippen LogP contribution in [0.2, 0.25) is 0 Å². The maximum absolute atomic E-state index is 10.1. The van der Waals surface area contributed by atoms with Crippen molar-refractivity contribution in [1.29, 1.82) is 0 Å². The molecule has 3 unspecified atom stereocenters. The van der Waals surface area contributed by atoms with Crippen molar-refractivity contribution in [2.75, 3.05) is 53.0 Å². The molecule has 5 nitrogen and oxygen atoms in total. The van der Waals surface area contributed by atoms with Crippen molar-refractivity contribution in [1.82, 2.24) is 9.80 Å². The van der Waals surface area contributed by atoms with Crippen molar-refractivity contribution in [3.05, 3.63) is 0 Å². The Morgan fingerprint density at radius 2 is 2.00 bits per heavy atom. The van der Waals surface area contributed by atoms with E-state index in [9.17, 15) is 5.11 Å². The highest BCUT2D eigenvalue weighted by atomic mass is 16.5. The second kappa shape index (κ2) is 8.29. The van der Waals surface area contributed by atoms with Gasteiger partial charge in [-0.2, -0.15) is 0 Å². The second-order valence-electron chi connectivity index (χ2n) is 6.20. The Bertz CT molecular complexity index is 278. The summed E-state index contributed by atoms with van der Waals surface area (Å²) in [6.07, 6.45) is 3.50. The fourth-order valence-electron chi connectivity index (χ4n) is 3.36. The minimum Gasteiger partial charge on any atom is -0.389 e. The lowest BCUT2D eigenvalue weighted by atomic mass is 10.2. The van der Waals surface area contributed by atoms with E-state index in [1.54, 1.807) is 7.11 Å². The Labute approximate surface area is 122 Å². The Morgan fingerprint density at radius 1 is 1.20 bits per heavy atom. The van der Waals surface area contributed by atoms with Gasteiger partial charge in [0.05, 0.1) is 25.4 Å². The minimum atomic E-state index is -0.401. The lowest BCUT2D eigenvalue weighted by molar-refractivity contribution is -0.0399. The van der Waals surface area contributed by atoms with Crippen LogP contribution >= 0.6 is 0 Å². The largest absolute Gasteiger partial charge is 0.389 e. The molecule has 0 spiro atoms. The van der Waals surface area contributed by atoms with E-state index in [2.05, 4.69) is 9.80 Å². The first kappa shape index (κ1) is 16.2. The Hall–Kier alpha value is -0.200. The molecule has 2 saturated heterocycles. The van der Waals surface area contributed by atoms with Crippen molar-refractivity contribution < 1.29 is 14.6 Å². The third-order valence-corrected chi connectivity index (χ3v) is 4.33. The zero-order valence-corrected chi connectivity index (χ0v) is 13.0.